The van der Waals surface area contributed by atoms with Gasteiger partial charge in [0.2, 0.25) is 11.5 Å². The summed E-state index contributed by atoms with van der Waals surface area (Å²) in [4.78, 5) is 26.4. The Morgan fingerprint density at radius 3 is 2.95 bits per heavy atom. The van der Waals surface area contributed by atoms with Gasteiger partial charge in [-0.2, -0.15) is 0 Å². The summed E-state index contributed by atoms with van der Waals surface area (Å²) in [5, 5.41) is 6.47. The summed E-state index contributed by atoms with van der Waals surface area (Å²) in [6.45, 7) is 2.12. The van der Waals surface area contributed by atoms with Crippen molar-refractivity contribution < 1.29 is 4.79 Å². The number of hydrogen-bond acceptors (Lipinski definition) is 3. The van der Waals surface area contributed by atoms with Gasteiger partial charge in [-0.15, -0.1) is 12.4 Å². The van der Waals surface area contributed by atoms with Crippen molar-refractivity contribution in [3.8, 4) is 0 Å². The smallest absolute Gasteiger partial charge is 0.248 e. The quantitative estimate of drug-likeness (QED) is 0.788. The van der Waals surface area contributed by atoms with Crippen LogP contribution in [0, 0.1) is 5.92 Å². The Balaban J connectivity index is 0.00000176. The number of halogens is 1. The normalized spacial score (nSPS) is 23.5. The van der Waals surface area contributed by atoms with Crippen molar-refractivity contribution in [2.45, 2.75) is 44.6 Å². The van der Waals surface area contributed by atoms with Crippen LogP contribution in [0.3, 0.4) is 0 Å². The predicted octanol–water partition coefficient (Wildman–Crippen LogP) is 1.68. The number of carbonyl (C=O) groups is 1. The Bertz CT molecular complexity index is 567. The summed E-state index contributed by atoms with van der Waals surface area (Å²) in [6, 6.07) is 3.46. The largest absolute Gasteiger partial charge is 0.349 e. The lowest BCUT2D eigenvalue weighted by Gasteiger charge is -2.26. The maximum Gasteiger partial charge on any atom is 0.248 e. The van der Waals surface area contributed by atoms with Gasteiger partial charge in [0.1, 0.15) is 0 Å². The average molecular weight is 326 g/mol. The first kappa shape index (κ1) is 17.0. The van der Waals surface area contributed by atoms with Gasteiger partial charge in [0.25, 0.3) is 0 Å². The Morgan fingerprint density at radius 1 is 1.32 bits per heavy atom. The third-order valence-electron chi connectivity index (χ3n) is 4.61. The van der Waals surface area contributed by atoms with Crippen LogP contribution >= 0.6 is 12.4 Å². The van der Waals surface area contributed by atoms with Crippen LogP contribution in [-0.4, -0.2) is 24.0 Å². The highest BCUT2D eigenvalue weighted by atomic mass is 35.5. The molecule has 1 aromatic heterocycles. The summed E-state index contributed by atoms with van der Waals surface area (Å²) in [7, 11) is 0. The highest BCUT2D eigenvalue weighted by molar-refractivity contribution is 5.85. The number of amides is 1. The molecule has 3 rings (SSSR count). The fourth-order valence-corrected chi connectivity index (χ4v) is 3.41. The molecular formula is C16H24ClN3O2. The van der Waals surface area contributed by atoms with Crippen molar-refractivity contribution in [3.63, 3.8) is 0 Å². The lowest BCUT2D eigenvalue weighted by Crippen LogP contribution is -2.32. The molecule has 1 amide bonds. The van der Waals surface area contributed by atoms with E-state index in [-0.39, 0.29) is 29.9 Å². The van der Waals surface area contributed by atoms with Crippen LogP contribution in [0.4, 0.5) is 0 Å². The molecule has 3 N–H and O–H groups in total. The molecular weight excluding hydrogens is 302 g/mol. The van der Waals surface area contributed by atoms with Crippen LogP contribution in [0.1, 0.15) is 49.4 Å². The molecule has 1 aromatic rings. The Labute approximate surface area is 136 Å². The minimum Gasteiger partial charge on any atom is -0.349 e. The van der Waals surface area contributed by atoms with Gasteiger partial charge in [0, 0.05) is 18.2 Å². The van der Waals surface area contributed by atoms with Crippen molar-refractivity contribution in [1.82, 2.24) is 15.6 Å². The third-order valence-corrected chi connectivity index (χ3v) is 4.61. The first-order valence-corrected chi connectivity index (χ1v) is 7.94. The fourth-order valence-electron chi connectivity index (χ4n) is 3.41. The maximum atomic E-state index is 12.1. The number of rotatable bonds is 4. The van der Waals surface area contributed by atoms with Gasteiger partial charge in [0.15, 0.2) is 0 Å². The topological polar surface area (TPSA) is 74.0 Å². The molecule has 5 nitrogen and oxygen atoms in total. The number of hydrogen-bond donors (Lipinski definition) is 3. The molecule has 2 heterocycles. The van der Waals surface area contributed by atoms with Gasteiger partial charge < -0.3 is 15.6 Å². The molecule has 122 valence electrons. The zero-order valence-electron chi connectivity index (χ0n) is 12.7. The van der Waals surface area contributed by atoms with E-state index in [2.05, 4.69) is 15.6 Å². The molecule has 6 heteroatoms. The third kappa shape index (κ3) is 4.11. The van der Waals surface area contributed by atoms with Crippen LogP contribution in [-0.2, 0) is 11.2 Å². The molecule has 0 spiro atoms. The standard InChI is InChI=1S/C16H23N3O2.ClH/c20-15(6-4-11-8-9-17-10-11)18-13-2-1-3-14-12(13)5-7-16(21)19-14;/h5,7,11,13,17H,1-4,6,8-10H2,(H,18,20)(H,19,21);1H. The minimum atomic E-state index is -0.0607. The molecule has 2 unspecified atom stereocenters. The highest BCUT2D eigenvalue weighted by Gasteiger charge is 2.23. The van der Waals surface area contributed by atoms with Gasteiger partial charge in [0.05, 0.1) is 6.04 Å². The number of nitrogens with one attached hydrogen (secondary N) is 3. The van der Waals surface area contributed by atoms with Crippen LogP contribution in [0.5, 0.6) is 0 Å². The van der Waals surface area contributed by atoms with E-state index >= 15 is 0 Å². The number of pyridine rings is 1. The summed E-state index contributed by atoms with van der Waals surface area (Å²) < 4.78 is 0. The van der Waals surface area contributed by atoms with Gasteiger partial charge >= 0.3 is 0 Å². The molecule has 0 bridgehead atoms. The summed E-state index contributed by atoms with van der Waals surface area (Å²) >= 11 is 0. The monoisotopic (exact) mass is 325 g/mol. The lowest BCUT2D eigenvalue weighted by atomic mass is 9.91. The highest BCUT2D eigenvalue weighted by Crippen LogP contribution is 2.27. The number of carbonyl (C=O) groups excluding carboxylic acids is 1. The van der Waals surface area contributed by atoms with E-state index in [4.69, 9.17) is 0 Å². The minimum absolute atomic E-state index is 0. The van der Waals surface area contributed by atoms with Crippen LogP contribution in [0.2, 0.25) is 0 Å². The van der Waals surface area contributed by atoms with E-state index in [1.807, 2.05) is 6.07 Å². The average Bonchev–Trinajstić information content (AvgIpc) is 2.98. The van der Waals surface area contributed by atoms with Gasteiger partial charge in [-0.25, -0.2) is 0 Å². The van der Waals surface area contributed by atoms with Gasteiger partial charge in [-0.05, 0) is 62.7 Å². The maximum absolute atomic E-state index is 12.1. The van der Waals surface area contributed by atoms with Gasteiger partial charge in [-0.3, -0.25) is 9.59 Å². The number of H-pyrrole nitrogens is 1. The predicted molar refractivity (Wildman–Crippen MR) is 88.3 cm³/mol. The molecule has 2 atom stereocenters. The van der Waals surface area contributed by atoms with Crippen molar-refractivity contribution in [3.05, 3.63) is 33.7 Å². The molecule has 1 fully saturated rings. The summed E-state index contributed by atoms with van der Waals surface area (Å²) in [5.41, 5.74) is 2.00. The Kier molecular flexibility index (Phi) is 6.03. The molecule has 2 aliphatic rings. The van der Waals surface area contributed by atoms with E-state index in [0.29, 0.717) is 12.3 Å². The second-order valence-corrected chi connectivity index (χ2v) is 6.17. The second kappa shape index (κ2) is 7.79. The van der Waals surface area contributed by atoms with E-state index < -0.39 is 0 Å². The van der Waals surface area contributed by atoms with Crippen molar-refractivity contribution in [1.29, 1.82) is 0 Å². The zero-order chi connectivity index (χ0) is 14.7. The Hall–Kier alpha value is -1.33. The lowest BCUT2D eigenvalue weighted by molar-refractivity contribution is -0.122. The van der Waals surface area contributed by atoms with Crippen LogP contribution < -0.4 is 16.2 Å². The summed E-state index contributed by atoms with van der Waals surface area (Å²) in [6.07, 6.45) is 5.60. The van der Waals surface area contributed by atoms with E-state index in [1.54, 1.807) is 6.07 Å². The fraction of sp³-hybridized carbons (Fsp3) is 0.625. The van der Waals surface area contributed by atoms with E-state index in [9.17, 15) is 9.59 Å². The molecule has 22 heavy (non-hydrogen) atoms. The van der Waals surface area contributed by atoms with Crippen molar-refractivity contribution in [2.75, 3.05) is 13.1 Å². The first-order valence-electron chi connectivity index (χ1n) is 7.94. The van der Waals surface area contributed by atoms with E-state index in [1.165, 1.54) is 6.42 Å². The molecule has 1 saturated heterocycles. The molecule has 0 saturated carbocycles. The van der Waals surface area contributed by atoms with E-state index in [0.717, 1.165) is 50.0 Å². The number of aromatic nitrogens is 1. The van der Waals surface area contributed by atoms with Crippen molar-refractivity contribution in [2.24, 2.45) is 5.92 Å². The molecule has 0 radical (unpaired) electrons. The van der Waals surface area contributed by atoms with Crippen LogP contribution in [0.15, 0.2) is 16.9 Å². The second-order valence-electron chi connectivity index (χ2n) is 6.17. The van der Waals surface area contributed by atoms with Gasteiger partial charge in [-0.1, -0.05) is 0 Å². The first-order chi connectivity index (χ1) is 10.2. The SMILES string of the molecule is Cl.O=C(CCC1CCNC1)NC1CCCc2[nH]c(=O)ccc21. The Morgan fingerprint density at radius 2 is 2.18 bits per heavy atom. The van der Waals surface area contributed by atoms with Crippen LogP contribution in [0.25, 0.3) is 0 Å². The van der Waals surface area contributed by atoms with Crippen molar-refractivity contribution >= 4 is 18.3 Å². The number of fused-ring (bicyclic) bond motifs is 1. The molecule has 1 aliphatic heterocycles. The number of aromatic amines is 1. The number of aryl methyl sites for hydroxylation is 1. The zero-order valence-corrected chi connectivity index (χ0v) is 13.5. The molecule has 1 aliphatic carbocycles. The molecule has 0 aromatic carbocycles. The summed E-state index contributed by atoms with van der Waals surface area (Å²) in [5.74, 6) is 0.775.